The fourth-order valence-electron chi connectivity index (χ4n) is 0.980. The van der Waals surface area contributed by atoms with E-state index < -0.39 is 0 Å². The van der Waals surface area contributed by atoms with Crippen molar-refractivity contribution in [2.24, 2.45) is 0 Å². The third-order valence-electron chi connectivity index (χ3n) is 1.61. The number of rotatable bonds is 5. The van der Waals surface area contributed by atoms with Gasteiger partial charge in [0, 0.05) is 4.88 Å². The van der Waals surface area contributed by atoms with Crippen molar-refractivity contribution >= 4 is 29.0 Å². The molecule has 1 aromatic rings. The highest BCUT2D eigenvalue weighted by molar-refractivity contribution is 7.16. The molecule has 3 heteroatoms. The maximum absolute atomic E-state index is 5.80. The molecule has 0 aliphatic carbocycles. The Balaban J connectivity index is 2.24. The molecular formula is C10H14ClNS. The van der Waals surface area contributed by atoms with Crippen LogP contribution in [0.4, 0.5) is 0 Å². The van der Waals surface area contributed by atoms with Crippen LogP contribution in [-0.4, -0.2) is 13.1 Å². The van der Waals surface area contributed by atoms with Gasteiger partial charge in [0.05, 0.1) is 4.34 Å². The molecule has 1 nitrogen and oxygen atoms in total. The summed E-state index contributed by atoms with van der Waals surface area (Å²) in [5.74, 6) is 0. The molecule has 0 saturated heterocycles. The average molecular weight is 216 g/mol. The predicted molar refractivity (Wildman–Crippen MR) is 61.5 cm³/mol. The standard InChI is InChI=1S/C10H14ClNS/c1-2-12-8-4-3-5-9-6-7-10(11)13-9/h3,5-7,12H,2,4,8H2,1H3. The third-order valence-corrected chi connectivity index (χ3v) is 2.81. The first kappa shape index (κ1) is 10.8. The number of nitrogens with one attached hydrogen (secondary N) is 1. The van der Waals surface area contributed by atoms with Gasteiger partial charge in [0.1, 0.15) is 0 Å². The van der Waals surface area contributed by atoms with Crippen LogP contribution < -0.4 is 5.32 Å². The Kier molecular flexibility index (Phi) is 5.13. The van der Waals surface area contributed by atoms with Crippen LogP contribution in [0, 0.1) is 0 Å². The van der Waals surface area contributed by atoms with E-state index in [2.05, 4.69) is 24.4 Å². The van der Waals surface area contributed by atoms with Crippen molar-refractivity contribution in [3.8, 4) is 0 Å². The van der Waals surface area contributed by atoms with E-state index >= 15 is 0 Å². The number of thiophene rings is 1. The third kappa shape index (κ3) is 4.46. The van der Waals surface area contributed by atoms with E-state index in [0.29, 0.717) is 0 Å². The molecule has 0 aliphatic heterocycles. The Morgan fingerprint density at radius 1 is 1.54 bits per heavy atom. The quantitative estimate of drug-likeness (QED) is 0.743. The van der Waals surface area contributed by atoms with Gasteiger partial charge < -0.3 is 5.32 Å². The Hall–Kier alpha value is -0.310. The SMILES string of the molecule is CCNCCC=Cc1ccc(Cl)s1. The van der Waals surface area contributed by atoms with Crippen LogP contribution in [0.3, 0.4) is 0 Å². The highest BCUT2D eigenvalue weighted by Crippen LogP contribution is 2.22. The van der Waals surface area contributed by atoms with Gasteiger partial charge in [-0.1, -0.05) is 24.6 Å². The summed E-state index contributed by atoms with van der Waals surface area (Å²) in [6.07, 6.45) is 5.36. The van der Waals surface area contributed by atoms with Crippen molar-refractivity contribution < 1.29 is 0 Å². The molecule has 72 valence electrons. The fraction of sp³-hybridized carbons (Fsp3) is 0.400. The minimum Gasteiger partial charge on any atom is -0.317 e. The van der Waals surface area contributed by atoms with Crippen molar-refractivity contribution in [1.29, 1.82) is 0 Å². The number of halogens is 1. The van der Waals surface area contributed by atoms with Crippen molar-refractivity contribution in [2.45, 2.75) is 13.3 Å². The maximum Gasteiger partial charge on any atom is 0.0934 e. The summed E-state index contributed by atoms with van der Waals surface area (Å²) in [5.41, 5.74) is 0. The summed E-state index contributed by atoms with van der Waals surface area (Å²) < 4.78 is 0.853. The smallest absolute Gasteiger partial charge is 0.0934 e. The molecular weight excluding hydrogens is 202 g/mol. The molecule has 0 atom stereocenters. The van der Waals surface area contributed by atoms with Gasteiger partial charge in [-0.2, -0.15) is 0 Å². The lowest BCUT2D eigenvalue weighted by Crippen LogP contribution is -2.12. The molecule has 0 amide bonds. The molecule has 1 heterocycles. The topological polar surface area (TPSA) is 12.0 Å². The van der Waals surface area contributed by atoms with Gasteiger partial charge in [0.15, 0.2) is 0 Å². The molecule has 1 rings (SSSR count). The van der Waals surface area contributed by atoms with Crippen molar-refractivity contribution in [1.82, 2.24) is 5.32 Å². The van der Waals surface area contributed by atoms with Crippen molar-refractivity contribution in [3.63, 3.8) is 0 Å². The minimum absolute atomic E-state index is 0.853. The van der Waals surface area contributed by atoms with Crippen LogP contribution in [0.15, 0.2) is 18.2 Å². The normalized spacial score (nSPS) is 11.2. The highest BCUT2D eigenvalue weighted by Gasteiger charge is 1.91. The second-order valence-electron chi connectivity index (χ2n) is 2.69. The second-order valence-corrected chi connectivity index (χ2v) is 4.43. The molecule has 0 aliphatic rings. The number of hydrogen-bond acceptors (Lipinski definition) is 2. The van der Waals surface area contributed by atoms with Gasteiger partial charge in [0.25, 0.3) is 0 Å². The molecule has 0 radical (unpaired) electrons. The van der Waals surface area contributed by atoms with Crippen LogP contribution in [-0.2, 0) is 0 Å². The zero-order chi connectivity index (χ0) is 9.52. The van der Waals surface area contributed by atoms with E-state index in [9.17, 15) is 0 Å². The van der Waals surface area contributed by atoms with Gasteiger partial charge in [-0.05, 0) is 37.7 Å². The van der Waals surface area contributed by atoms with E-state index in [1.54, 1.807) is 11.3 Å². The Morgan fingerprint density at radius 2 is 2.38 bits per heavy atom. The first-order valence-corrected chi connectivity index (χ1v) is 5.65. The molecule has 1 N–H and O–H groups in total. The molecule has 0 aromatic carbocycles. The Bertz CT molecular complexity index is 268. The lowest BCUT2D eigenvalue weighted by molar-refractivity contribution is 0.727. The van der Waals surface area contributed by atoms with Crippen molar-refractivity contribution in [3.05, 3.63) is 27.4 Å². The molecule has 0 spiro atoms. The Labute approximate surface area is 88.4 Å². The molecule has 1 aromatic heterocycles. The summed E-state index contributed by atoms with van der Waals surface area (Å²) in [4.78, 5) is 1.22. The monoisotopic (exact) mass is 215 g/mol. The van der Waals surface area contributed by atoms with Gasteiger partial charge in [-0.3, -0.25) is 0 Å². The van der Waals surface area contributed by atoms with Gasteiger partial charge in [-0.25, -0.2) is 0 Å². The highest BCUT2D eigenvalue weighted by atomic mass is 35.5. The van der Waals surface area contributed by atoms with Crippen LogP contribution >= 0.6 is 22.9 Å². The lowest BCUT2D eigenvalue weighted by atomic mass is 10.3. The minimum atomic E-state index is 0.853. The average Bonchev–Trinajstić information content (AvgIpc) is 2.51. The van der Waals surface area contributed by atoms with Gasteiger partial charge in [0.2, 0.25) is 0 Å². The first-order valence-electron chi connectivity index (χ1n) is 4.45. The molecule has 0 saturated carbocycles. The largest absolute Gasteiger partial charge is 0.317 e. The lowest BCUT2D eigenvalue weighted by Gasteiger charge is -1.94. The molecule has 0 unspecified atom stereocenters. The van der Waals surface area contributed by atoms with E-state index in [4.69, 9.17) is 11.6 Å². The second kappa shape index (κ2) is 6.19. The fourth-order valence-corrected chi connectivity index (χ4v) is 1.97. The van der Waals surface area contributed by atoms with E-state index in [1.807, 2.05) is 12.1 Å². The summed E-state index contributed by atoms with van der Waals surface area (Å²) >= 11 is 7.40. The van der Waals surface area contributed by atoms with E-state index in [1.165, 1.54) is 4.88 Å². The Morgan fingerprint density at radius 3 is 3.00 bits per heavy atom. The van der Waals surface area contributed by atoms with Crippen molar-refractivity contribution in [2.75, 3.05) is 13.1 Å². The van der Waals surface area contributed by atoms with Crippen LogP contribution in [0.25, 0.3) is 6.08 Å². The molecule has 13 heavy (non-hydrogen) atoms. The van der Waals surface area contributed by atoms with Crippen LogP contribution in [0.5, 0.6) is 0 Å². The molecule has 0 fully saturated rings. The summed E-state index contributed by atoms with van der Waals surface area (Å²) in [5, 5.41) is 3.27. The zero-order valence-electron chi connectivity index (χ0n) is 7.72. The predicted octanol–water partition coefficient (Wildman–Crippen LogP) is 3.41. The van der Waals surface area contributed by atoms with Crippen LogP contribution in [0.1, 0.15) is 18.2 Å². The summed E-state index contributed by atoms with van der Waals surface area (Å²) in [6.45, 7) is 4.20. The van der Waals surface area contributed by atoms with Crippen LogP contribution in [0.2, 0.25) is 4.34 Å². The van der Waals surface area contributed by atoms with Gasteiger partial charge in [-0.15, -0.1) is 11.3 Å². The molecule has 0 bridgehead atoms. The summed E-state index contributed by atoms with van der Waals surface area (Å²) in [6, 6.07) is 3.97. The van der Waals surface area contributed by atoms with E-state index in [-0.39, 0.29) is 0 Å². The maximum atomic E-state index is 5.80. The van der Waals surface area contributed by atoms with E-state index in [0.717, 1.165) is 23.8 Å². The summed E-state index contributed by atoms with van der Waals surface area (Å²) in [7, 11) is 0. The number of hydrogen-bond donors (Lipinski definition) is 1. The van der Waals surface area contributed by atoms with Gasteiger partial charge >= 0.3 is 0 Å². The first-order chi connectivity index (χ1) is 6.33. The zero-order valence-corrected chi connectivity index (χ0v) is 9.29.